The van der Waals surface area contributed by atoms with Crippen molar-refractivity contribution in [2.45, 2.75) is 56.8 Å². The van der Waals surface area contributed by atoms with Crippen LogP contribution in [0.15, 0.2) is 15.9 Å². The lowest BCUT2D eigenvalue weighted by Gasteiger charge is -2.48. The van der Waals surface area contributed by atoms with Gasteiger partial charge in [0.1, 0.15) is 0 Å². The maximum Gasteiger partial charge on any atom is 0.0731 e. The maximum atomic E-state index is 6.34. The molecule has 0 bridgehead atoms. The van der Waals surface area contributed by atoms with Crippen LogP contribution < -0.4 is 5.73 Å². The Morgan fingerprint density at radius 1 is 1.40 bits per heavy atom. The van der Waals surface area contributed by atoms with Crippen LogP contribution in [0, 0.1) is 0 Å². The summed E-state index contributed by atoms with van der Waals surface area (Å²) in [6, 6.07) is 5.36. The van der Waals surface area contributed by atoms with E-state index in [1.807, 2.05) is 11.3 Å². The molecule has 20 heavy (non-hydrogen) atoms. The fourth-order valence-corrected chi connectivity index (χ4v) is 5.34. The highest BCUT2D eigenvalue weighted by Gasteiger charge is 2.39. The molecule has 4 atom stereocenters. The third-order valence-corrected chi connectivity index (χ3v) is 6.21. The Labute approximate surface area is 133 Å². The number of hydrogen-bond donors (Lipinski definition) is 1. The molecule has 112 valence electrons. The molecule has 0 aromatic carbocycles. The quantitative estimate of drug-likeness (QED) is 0.897. The van der Waals surface area contributed by atoms with Gasteiger partial charge in [0.15, 0.2) is 0 Å². The summed E-state index contributed by atoms with van der Waals surface area (Å²) in [4.78, 5) is 3.99. The first-order valence-electron chi connectivity index (χ1n) is 7.55. The molecule has 1 saturated carbocycles. The van der Waals surface area contributed by atoms with Gasteiger partial charge >= 0.3 is 0 Å². The highest BCUT2D eigenvalue weighted by atomic mass is 79.9. The molecule has 0 amide bonds. The van der Waals surface area contributed by atoms with Gasteiger partial charge in [0.05, 0.1) is 22.5 Å². The minimum absolute atomic E-state index is 0.140. The Hall–Kier alpha value is 0.0600. The molecule has 1 aliphatic heterocycles. The van der Waals surface area contributed by atoms with Crippen molar-refractivity contribution in [3.63, 3.8) is 0 Å². The number of halogens is 1. The van der Waals surface area contributed by atoms with Gasteiger partial charge in [-0.1, -0.05) is 12.8 Å². The normalized spacial score (nSPS) is 30.8. The molecule has 1 aliphatic carbocycles. The molecule has 4 unspecified atom stereocenters. The predicted molar refractivity (Wildman–Crippen MR) is 87.1 cm³/mol. The first-order valence-corrected chi connectivity index (χ1v) is 9.16. The first-order chi connectivity index (χ1) is 9.66. The number of fused-ring (bicyclic) bond motifs is 1. The van der Waals surface area contributed by atoms with E-state index in [-0.39, 0.29) is 6.04 Å². The van der Waals surface area contributed by atoms with Crippen LogP contribution in [0.4, 0.5) is 0 Å². The van der Waals surface area contributed by atoms with Crippen molar-refractivity contribution in [1.29, 1.82) is 0 Å². The van der Waals surface area contributed by atoms with E-state index >= 15 is 0 Å². The van der Waals surface area contributed by atoms with E-state index < -0.39 is 0 Å². The second kappa shape index (κ2) is 6.44. The average Bonchev–Trinajstić information content (AvgIpc) is 2.85. The summed E-state index contributed by atoms with van der Waals surface area (Å²) >= 11 is 5.39. The van der Waals surface area contributed by atoms with E-state index in [4.69, 9.17) is 10.5 Å². The Kier molecular flexibility index (Phi) is 4.82. The Morgan fingerprint density at radius 2 is 2.20 bits per heavy atom. The van der Waals surface area contributed by atoms with Crippen LogP contribution >= 0.6 is 27.3 Å². The van der Waals surface area contributed by atoms with Crippen molar-refractivity contribution < 1.29 is 4.74 Å². The van der Waals surface area contributed by atoms with Crippen molar-refractivity contribution in [3.05, 3.63) is 20.8 Å². The van der Waals surface area contributed by atoms with Gasteiger partial charge in [-0.05, 0) is 47.8 Å². The Bertz CT molecular complexity index is 449. The van der Waals surface area contributed by atoms with Crippen LogP contribution in [-0.4, -0.2) is 36.2 Å². The monoisotopic (exact) mass is 358 g/mol. The molecule has 3 nitrogen and oxygen atoms in total. The lowest BCUT2D eigenvalue weighted by atomic mass is 9.88. The number of ether oxygens (including phenoxy) is 1. The van der Waals surface area contributed by atoms with E-state index in [1.165, 1.54) is 34.3 Å². The van der Waals surface area contributed by atoms with E-state index in [0.717, 1.165) is 13.2 Å². The standard InChI is InChI=1S/C15H23BrN2OS/c1-10(17)15(13-6-7-14(16)20-13)18-8-9-19-12-5-3-2-4-11(12)18/h6-7,10-12,15H,2-5,8-9,17H2,1H3. The lowest BCUT2D eigenvalue weighted by molar-refractivity contribution is -0.105. The van der Waals surface area contributed by atoms with Crippen LogP contribution in [0.5, 0.6) is 0 Å². The maximum absolute atomic E-state index is 6.34. The summed E-state index contributed by atoms with van der Waals surface area (Å²) < 4.78 is 7.18. The number of hydrogen-bond acceptors (Lipinski definition) is 4. The average molecular weight is 359 g/mol. The van der Waals surface area contributed by atoms with Crippen molar-refractivity contribution in [2.75, 3.05) is 13.2 Å². The molecule has 0 spiro atoms. The van der Waals surface area contributed by atoms with Crippen LogP contribution in [-0.2, 0) is 4.74 Å². The van der Waals surface area contributed by atoms with Gasteiger partial charge in [-0.2, -0.15) is 0 Å². The van der Waals surface area contributed by atoms with Gasteiger partial charge in [-0.15, -0.1) is 11.3 Å². The number of thiophene rings is 1. The zero-order valence-corrected chi connectivity index (χ0v) is 14.3. The molecule has 2 N–H and O–H groups in total. The van der Waals surface area contributed by atoms with E-state index in [2.05, 4.69) is 39.9 Å². The molecule has 2 fully saturated rings. The Balaban J connectivity index is 1.86. The summed E-state index contributed by atoms with van der Waals surface area (Å²) in [6.45, 7) is 3.98. The van der Waals surface area contributed by atoms with Gasteiger partial charge in [0.25, 0.3) is 0 Å². The minimum Gasteiger partial charge on any atom is -0.375 e. The smallest absolute Gasteiger partial charge is 0.0731 e. The second-order valence-electron chi connectivity index (χ2n) is 5.94. The molecular formula is C15H23BrN2OS. The third-order valence-electron chi connectivity index (χ3n) is 4.52. The summed E-state index contributed by atoms with van der Waals surface area (Å²) in [6.07, 6.45) is 5.51. The van der Waals surface area contributed by atoms with Gasteiger partial charge in [0, 0.05) is 23.5 Å². The van der Waals surface area contributed by atoms with Gasteiger partial charge in [-0.3, -0.25) is 4.90 Å². The molecule has 1 aromatic rings. The largest absolute Gasteiger partial charge is 0.375 e. The Morgan fingerprint density at radius 3 is 2.90 bits per heavy atom. The van der Waals surface area contributed by atoms with Crippen LogP contribution in [0.2, 0.25) is 0 Å². The highest BCUT2D eigenvalue weighted by molar-refractivity contribution is 9.11. The number of nitrogens with zero attached hydrogens (tertiary/aromatic N) is 1. The summed E-state index contributed by atoms with van der Waals surface area (Å²) in [7, 11) is 0. The van der Waals surface area contributed by atoms with Crippen LogP contribution in [0.25, 0.3) is 0 Å². The van der Waals surface area contributed by atoms with Crippen molar-refractivity contribution in [3.8, 4) is 0 Å². The SMILES string of the molecule is CC(N)C(c1ccc(Br)s1)N1CCOC2CCCCC21. The van der Waals surface area contributed by atoms with Crippen molar-refractivity contribution >= 4 is 27.3 Å². The molecular weight excluding hydrogens is 336 g/mol. The minimum atomic E-state index is 0.140. The third kappa shape index (κ3) is 2.97. The predicted octanol–water partition coefficient (Wildman–Crippen LogP) is 3.54. The van der Waals surface area contributed by atoms with Crippen molar-refractivity contribution in [2.24, 2.45) is 5.73 Å². The van der Waals surface area contributed by atoms with Crippen molar-refractivity contribution in [1.82, 2.24) is 4.90 Å². The molecule has 1 saturated heterocycles. The van der Waals surface area contributed by atoms with Crippen LogP contribution in [0.1, 0.15) is 43.5 Å². The highest BCUT2D eigenvalue weighted by Crippen LogP contribution is 2.38. The summed E-state index contributed by atoms with van der Waals surface area (Å²) in [5.41, 5.74) is 6.34. The lowest BCUT2D eigenvalue weighted by Crippen LogP contribution is -2.56. The van der Waals surface area contributed by atoms with Gasteiger partial charge in [-0.25, -0.2) is 0 Å². The summed E-state index contributed by atoms with van der Waals surface area (Å²) in [5, 5.41) is 0. The number of nitrogens with two attached hydrogens (primary N) is 1. The molecule has 2 aliphatic rings. The zero-order valence-electron chi connectivity index (χ0n) is 11.9. The fourth-order valence-electron chi connectivity index (χ4n) is 3.68. The second-order valence-corrected chi connectivity index (χ2v) is 8.44. The van der Waals surface area contributed by atoms with Crippen LogP contribution in [0.3, 0.4) is 0 Å². The number of morpholine rings is 1. The first kappa shape index (κ1) is 15.0. The van der Waals surface area contributed by atoms with Gasteiger partial charge < -0.3 is 10.5 Å². The van der Waals surface area contributed by atoms with E-state index in [1.54, 1.807) is 0 Å². The molecule has 1 aromatic heterocycles. The van der Waals surface area contributed by atoms with E-state index in [9.17, 15) is 0 Å². The topological polar surface area (TPSA) is 38.5 Å². The van der Waals surface area contributed by atoms with E-state index in [0.29, 0.717) is 18.2 Å². The molecule has 2 heterocycles. The summed E-state index contributed by atoms with van der Waals surface area (Å²) in [5.74, 6) is 0. The molecule has 5 heteroatoms. The van der Waals surface area contributed by atoms with Gasteiger partial charge in [0.2, 0.25) is 0 Å². The fraction of sp³-hybridized carbons (Fsp3) is 0.733. The number of rotatable bonds is 3. The molecule has 0 radical (unpaired) electrons. The zero-order chi connectivity index (χ0) is 14.1. The molecule has 3 rings (SSSR count).